The fourth-order valence-corrected chi connectivity index (χ4v) is 0.433. The molecule has 0 saturated carbocycles. The van der Waals surface area contributed by atoms with E-state index in [1.54, 1.807) is 0 Å². The van der Waals surface area contributed by atoms with Crippen molar-refractivity contribution in [3.63, 3.8) is 0 Å². The van der Waals surface area contributed by atoms with Crippen LogP contribution in [0.25, 0.3) is 0 Å². The molecule has 0 aromatic rings. The Morgan fingerprint density at radius 1 is 1.20 bits per heavy atom. The van der Waals surface area contributed by atoms with Gasteiger partial charge in [0.25, 0.3) is 0 Å². The second-order valence-electron chi connectivity index (χ2n) is 2.07. The van der Waals surface area contributed by atoms with Crippen molar-refractivity contribution in [1.82, 2.24) is 0 Å². The topological polar surface area (TPSA) is 0 Å². The molecule has 0 heteroatoms. The number of allylic oxidation sites excluding steroid dienone is 2. The second-order valence-corrected chi connectivity index (χ2v) is 2.07. The van der Waals surface area contributed by atoms with E-state index in [4.69, 9.17) is 0 Å². The largest absolute Gasteiger partial charge is 0.0859 e. The zero-order valence-corrected chi connectivity index (χ0v) is 7.49. The molecule has 0 N–H and O–H groups in total. The van der Waals surface area contributed by atoms with Crippen molar-refractivity contribution in [2.24, 2.45) is 0 Å². The standard InChI is InChI=1S/C7H14.C2H6.CH4/c1-4-5-6-7(2)3;1-2;/h6H,4-5H2,1-3H3;1-2H3;1H4. The third-order valence-corrected chi connectivity index (χ3v) is 0.841. The first-order valence-electron chi connectivity index (χ1n) is 3.90. The monoisotopic (exact) mass is 144 g/mol. The maximum absolute atomic E-state index is 2.26. The molecule has 0 rings (SSSR count). The quantitative estimate of drug-likeness (QED) is 0.503. The highest BCUT2D eigenvalue weighted by Crippen LogP contribution is 1.94. The third-order valence-electron chi connectivity index (χ3n) is 0.841. The van der Waals surface area contributed by atoms with Gasteiger partial charge in [0.05, 0.1) is 0 Å². The van der Waals surface area contributed by atoms with E-state index >= 15 is 0 Å². The third kappa shape index (κ3) is 25.1. The maximum Gasteiger partial charge on any atom is -0.0351 e. The molecule has 64 valence electrons. The first-order chi connectivity index (χ1) is 4.27. The lowest BCUT2D eigenvalue weighted by molar-refractivity contribution is 0.948. The van der Waals surface area contributed by atoms with Crippen molar-refractivity contribution in [3.05, 3.63) is 11.6 Å². The van der Waals surface area contributed by atoms with Crippen molar-refractivity contribution in [2.75, 3.05) is 0 Å². The van der Waals surface area contributed by atoms with Crippen LogP contribution in [0.3, 0.4) is 0 Å². The molecule has 0 atom stereocenters. The minimum Gasteiger partial charge on any atom is -0.0859 e. The van der Waals surface area contributed by atoms with E-state index in [9.17, 15) is 0 Å². The van der Waals surface area contributed by atoms with Crippen LogP contribution in [0, 0.1) is 0 Å². The summed E-state index contributed by atoms with van der Waals surface area (Å²) in [5.41, 5.74) is 1.43. The van der Waals surface area contributed by atoms with Gasteiger partial charge in [0, 0.05) is 0 Å². The van der Waals surface area contributed by atoms with E-state index in [-0.39, 0.29) is 7.43 Å². The van der Waals surface area contributed by atoms with Crippen LogP contribution in [0.4, 0.5) is 0 Å². The Hall–Kier alpha value is -0.260. The van der Waals surface area contributed by atoms with Crippen LogP contribution in [0.15, 0.2) is 11.6 Å². The van der Waals surface area contributed by atoms with E-state index in [0.29, 0.717) is 0 Å². The Morgan fingerprint density at radius 2 is 1.60 bits per heavy atom. The fraction of sp³-hybridized carbons (Fsp3) is 0.800. The van der Waals surface area contributed by atoms with Gasteiger partial charge in [-0.2, -0.15) is 0 Å². The van der Waals surface area contributed by atoms with Crippen LogP contribution in [-0.2, 0) is 0 Å². The van der Waals surface area contributed by atoms with Gasteiger partial charge in [-0.1, -0.05) is 46.3 Å². The van der Waals surface area contributed by atoms with Crippen molar-refractivity contribution < 1.29 is 0 Å². The summed E-state index contributed by atoms with van der Waals surface area (Å²) in [5, 5.41) is 0. The molecule has 0 bridgehead atoms. The van der Waals surface area contributed by atoms with E-state index in [0.717, 1.165) is 0 Å². The summed E-state index contributed by atoms with van der Waals surface area (Å²) in [4.78, 5) is 0. The molecule has 0 nitrogen and oxygen atoms in total. The van der Waals surface area contributed by atoms with Crippen molar-refractivity contribution >= 4 is 0 Å². The first kappa shape index (κ1) is 16.4. The molecule has 0 radical (unpaired) electrons. The van der Waals surface area contributed by atoms with Crippen LogP contribution in [0.5, 0.6) is 0 Å². The zero-order chi connectivity index (χ0) is 7.70. The highest BCUT2D eigenvalue weighted by atomic mass is 13.8. The Kier molecular flexibility index (Phi) is 26.0. The Bertz CT molecular complexity index is 56.4. The summed E-state index contributed by atoms with van der Waals surface area (Å²) in [7, 11) is 0. The molecule has 0 aromatic heterocycles. The molecule has 0 aliphatic rings. The second kappa shape index (κ2) is 15.9. The molecule has 0 aliphatic heterocycles. The van der Waals surface area contributed by atoms with E-state index < -0.39 is 0 Å². The molecule has 10 heavy (non-hydrogen) atoms. The number of rotatable bonds is 2. The highest BCUT2D eigenvalue weighted by molar-refractivity contribution is 4.92. The van der Waals surface area contributed by atoms with Gasteiger partial charge in [-0.25, -0.2) is 0 Å². The predicted molar refractivity (Wildman–Crippen MR) is 52.4 cm³/mol. The number of hydrogen-bond acceptors (Lipinski definition) is 0. The Morgan fingerprint density at radius 3 is 1.70 bits per heavy atom. The van der Waals surface area contributed by atoms with Gasteiger partial charge < -0.3 is 0 Å². The summed E-state index contributed by atoms with van der Waals surface area (Å²) < 4.78 is 0. The molecule has 0 aromatic carbocycles. The van der Waals surface area contributed by atoms with Crippen molar-refractivity contribution in [2.45, 2.75) is 54.9 Å². The van der Waals surface area contributed by atoms with Gasteiger partial charge in [-0.3, -0.25) is 0 Å². The molecular formula is C10H24. The van der Waals surface area contributed by atoms with Crippen molar-refractivity contribution in [1.29, 1.82) is 0 Å². The highest BCUT2D eigenvalue weighted by Gasteiger charge is 1.73. The molecule has 0 amide bonds. The van der Waals surface area contributed by atoms with Crippen LogP contribution in [0.2, 0.25) is 0 Å². The van der Waals surface area contributed by atoms with Gasteiger partial charge in [-0.05, 0) is 20.3 Å². The average Bonchev–Trinajstić information content (AvgIpc) is 1.88. The molecule has 0 aliphatic carbocycles. The van der Waals surface area contributed by atoms with Crippen LogP contribution in [-0.4, -0.2) is 0 Å². The van der Waals surface area contributed by atoms with Crippen LogP contribution in [0.1, 0.15) is 54.9 Å². The lowest BCUT2D eigenvalue weighted by Crippen LogP contribution is -1.64. The van der Waals surface area contributed by atoms with Gasteiger partial charge in [-0.15, -0.1) is 0 Å². The van der Waals surface area contributed by atoms with Gasteiger partial charge in [0.15, 0.2) is 0 Å². The lowest BCUT2D eigenvalue weighted by atomic mass is 10.2. The maximum atomic E-state index is 2.26. The minimum absolute atomic E-state index is 0. The van der Waals surface area contributed by atoms with Gasteiger partial charge in [0.2, 0.25) is 0 Å². The van der Waals surface area contributed by atoms with Crippen LogP contribution < -0.4 is 0 Å². The first-order valence-corrected chi connectivity index (χ1v) is 3.90. The molecule has 0 saturated heterocycles. The summed E-state index contributed by atoms with van der Waals surface area (Å²) in [6.45, 7) is 10.5. The molecule has 0 heterocycles. The van der Waals surface area contributed by atoms with Crippen LogP contribution >= 0.6 is 0 Å². The molecule has 0 spiro atoms. The zero-order valence-electron chi connectivity index (χ0n) is 7.49. The average molecular weight is 144 g/mol. The van der Waals surface area contributed by atoms with E-state index in [2.05, 4.69) is 26.8 Å². The van der Waals surface area contributed by atoms with E-state index in [1.807, 2.05) is 13.8 Å². The Labute approximate surface area is 67.3 Å². The smallest absolute Gasteiger partial charge is 0.0351 e. The Balaban J connectivity index is -0.000000149. The number of hydrogen-bond donors (Lipinski definition) is 0. The molecule has 0 unspecified atom stereocenters. The number of unbranched alkanes of at least 4 members (excludes halogenated alkanes) is 1. The molecule has 0 fully saturated rings. The predicted octanol–water partition coefficient (Wildman–Crippen LogP) is 4.42. The SMILES string of the molecule is C.CC.CCCC=C(C)C. The lowest BCUT2D eigenvalue weighted by Gasteiger charge is -1.85. The fourth-order valence-electron chi connectivity index (χ4n) is 0.433. The normalized spacial score (nSPS) is 6.50. The summed E-state index contributed by atoms with van der Waals surface area (Å²) >= 11 is 0. The summed E-state index contributed by atoms with van der Waals surface area (Å²) in [5.74, 6) is 0. The van der Waals surface area contributed by atoms with E-state index in [1.165, 1.54) is 18.4 Å². The van der Waals surface area contributed by atoms with Gasteiger partial charge in [0.1, 0.15) is 0 Å². The summed E-state index contributed by atoms with van der Waals surface area (Å²) in [6, 6.07) is 0. The van der Waals surface area contributed by atoms with Crippen molar-refractivity contribution in [3.8, 4) is 0 Å². The molecular weight excluding hydrogens is 120 g/mol. The summed E-state index contributed by atoms with van der Waals surface area (Å²) in [6.07, 6.45) is 4.77. The van der Waals surface area contributed by atoms with Gasteiger partial charge >= 0.3 is 0 Å². The minimum atomic E-state index is 0.